The molecule has 5 atom stereocenters. The van der Waals surface area contributed by atoms with E-state index >= 15 is 0 Å². The van der Waals surface area contributed by atoms with E-state index in [4.69, 9.17) is 26.6 Å². The Bertz CT molecular complexity index is 538. The van der Waals surface area contributed by atoms with Gasteiger partial charge in [0.15, 0.2) is 11.1 Å². The van der Waals surface area contributed by atoms with Crippen LogP contribution in [0.3, 0.4) is 0 Å². The monoisotopic (exact) mass is 347 g/mol. The number of carbonyl (C=O) groups is 2. The Balaban J connectivity index is 2.29. The smallest absolute Gasteiger partial charge is 0.328 e. The molecule has 0 saturated carbocycles. The van der Waals surface area contributed by atoms with Crippen molar-refractivity contribution in [1.82, 2.24) is 10.2 Å². The highest BCUT2D eigenvalue weighted by Crippen LogP contribution is 2.35. The van der Waals surface area contributed by atoms with Gasteiger partial charge in [0.1, 0.15) is 6.23 Å². The lowest BCUT2D eigenvalue weighted by atomic mass is 10.0. The topological polar surface area (TPSA) is 137 Å². The number of amides is 3. The second-order valence-electron chi connectivity index (χ2n) is 5.37. The van der Waals surface area contributed by atoms with Crippen LogP contribution in [0.2, 0.25) is 0 Å². The molecule has 2 rings (SSSR count). The number of aliphatic hydroxyl groups excluding tert-OH is 1. The Morgan fingerprint density at radius 1 is 1.65 bits per heavy atom. The largest absolute Gasteiger partial charge is 0.394 e. The van der Waals surface area contributed by atoms with E-state index < -0.39 is 41.4 Å². The molecule has 11 heteroatoms. The van der Waals surface area contributed by atoms with Crippen molar-refractivity contribution in [3.63, 3.8) is 0 Å². The van der Waals surface area contributed by atoms with Crippen molar-refractivity contribution in [3.8, 4) is 0 Å². The zero-order valence-corrected chi connectivity index (χ0v) is 13.4. The summed E-state index contributed by atoms with van der Waals surface area (Å²) in [6.07, 6.45) is -2.48. The van der Waals surface area contributed by atoms with Crippen molar-refractivity contribution in [2.75, 3.05) is 13.2 Å². The van der Waals surface area contributed by atoms with E-state index in [-0.39, 0.29) is 19.6 Å². The molecule has 23 heavy (non-hydrogen) atoms. The van der Waals surface area contributed by atoms with Gasteiger partial charge in [0.05, 0.1) is 18.8 Å². The first-order valence-corrected chi connectivity index (χ1v) is 7.49. The fraction of sp³-hybridized carbons (Fsp3) is 0.833. The standard InChI is InChI=1S/C12H18ClN5O5/c1-3-22-10-12(2,13)9(20)15-11(21)18(10)8-4-6(16-17-14)7(5-19)23-8/h6-8,10,19H,3-5H2,1-2H3,(H,15,20,21)/t6?,7?,8?,10-,12-/m1/s1. The molecule has 0 aromatic carbocycles. The van der Waals surface area contributed by atoms with Crippen molar-refractivity contribution >= 4 is 23.5 Å². The molecule has 2 fully saturated rings. The molecule has 0 aromatic heterocycles. The predicted octanol–water partition coefficient (Wildman–Crippen LogP) is 0.685. The van der Waals surface area contributed by atoms with Crippen LogP contribution in [0.5, 0.6) is 0 Å². The van der Waals surface area contributed by atoms with E-state index in [9.17, 15) is 14.7 Å². The number of ether oxygens (including phenoxy) is 2. The van der Waals surface area contributed by atoms with Gasteiger partial charge in [0.2, 0.25) is 0 Å². The van der Waals surface area contributed by atoms with Crippen LogP contribution in [0.15, 0.2) is 5.11 Å². The molecular weight excluding hydrogens is 330 g/mol. The minimum Gasteiger partial charge on any atom is -0.394 e. The van der Waals surface area contributed by atoms with E-state index in [1.54, 1.807) is 6.92 Å². The number of halogens is 1. The van der Waals surface area contributed by atoms with Crippen LogP contribution in [-0.2, 0) is 14.3 Å². The van der Waals surface area contributed by atoms with Gasteiger partial charge in [-0.1, -0.05) is 5.11 Å². The van der Waals surface area contributed by atoms with E-state index in [0.717, 1.165) is 0 Å². The lowest BCUT2D eigenvalue weighted by Gasteiger charge is -2.44. The van der Waals surface area contributed by atoms with Crippen LogP contribution >= 0.6 is 11.6 Å². The number of imide groups is 1. The maximum absolute atomic E-state index is 12.2. The first kappa shape index (κ1) is 17.8. The van der Waals surface area contributed by atoms with Gasteiger partial charge in [0.25, 0.3) is 5.91 Å². The third-order valence-electron chi connectivity index (χ3n) is 3.83. The molecule has 2 N–H and O–H groups in total. The molecular formula is C12H18ClN5O5. The number of nitrogens with one attached hydrogen (secondary N) is 1. The van der Waals surface area contributed by atoms with E-state index in [0.29, 0.717) is 0 Å². The molecule has 2 aliphatic heterocycles. The third kappa shape index (κ3) is 3.22. The van der Waals surface area contributed by atoms with E-state index in [2.05, 4.69) is 15.3 Å². The highest BCUT2D eigenvalue weighted by molar-refractivity contribution is 6.36. The van der Waals surface area contributed by atoms with Gasteiger partial charge in [0, 0.05) is 17.9 Å². The molecule has 10 nitrogen and oxygen atoms in total. The van der Waals surface area contributed by atoms with Crippen molar-refractivity contribution in [1.29, 1.82) is 0 Å². The Morgan fingerprint density at radius 3 is 2.91 bits per heavy atom. The Morgan fingerprint density at radius 2 is 2.35 bits per heavy atom. The zero-order valence-electron chi connectivity index (χ0n) is 12.7. The molecule has 0 aromatic rings. The molecule has 128 valence electrons. The molecule has 0 radical (unpaired) electrons. The summed E-state index contributed by atoms with van der Waals surface area (Å²) in [6.45, 7) is 3.00. The Kier molecular flexibility index (Phi) is 5.33. The normalized spacial score (nSPS) is 37.5. The summed E-state index contributed by atoms with van der Waals surface area (Å²) >= 11 is 6.26. The first-order valence-electron chi connectivity index (χ1n) is 7.11. The van der Waals surface area contributed by atoms with E-state index in [1.807, 2.05) is 0 Å². The average molecular weight is 348 g/mol. The number of aliphatic hydroxyl groups is 1. The number of nitrogens with zero attached hydrogens (tertiary/aromatic N) is 4. The van der Waals surface area contributed by atoms with Gasteiger partial charge in [-0.05, 0) is 19.4 Å². The molecule has 0 bridgehead atoms. The van der Waals surface area contributed by atoms with Crippen LogP contribution < -0.4 is 5.32 Å². The summed E-state index contributed by atoms with van der Waals surface area (Å²) in [6, 6.07) is -1.35. The summed E-state index contributed by atoms with van der Waals surface area (Å²) in [5.74, 6) is -0.665. The van der Waals surface area contributed by atoms with Gasteiger partial charge in [-0.15, -0.1) is 11.6 Å². The average Bonchev–Trinajstić information content (AvgIpc) is 2.88. The summed E-state index contributed by atoms with van der Waals surface area (Å²) < 4.78 is 11.1. The number of hydrogen-bond acceptors (Lipinski definition) is 6. The van der Waals surface area contributed by atoms with Crippen molar-refractivity contribution in [2.45, 2.75) is 49.7 Å². The molecule has 0 aliphatic carbocycles. The maximum atomic E-state index is 12.2. The summed E-state index contributed by atoms with van der Waals surface area (Å²) in [4.78, 5) is 26.6. The molecule has 3 unspecified atom stereocenters. The van der Waals surface area contributed by atoms with E-state index in [1.165, 1.54) is 11.8 Å². The third-order valence-corrected chi connectivity index (χ3v) is 4.19. The van der Waals surface area contributed by atoms with Crippen LogP contribution in [0.4, 0.5) is 4.79 Å². The van der Waals surface area contributed by atoms with Gasteiger partial charge in [-0.25, -0.2) is 4.79 Å². The van der Waals surface area contributed by atoms with Crippen LogP contribution in [0.25, 0.3) is 10.4 Å². The highest BCUT2D eigenvalue weighted by atomic mass is 35.5. The molecule has 2 aliphatic rings. The minimum absolute atomic E-state index is 0.160. The van der Waals surface area contributed by atoms with Gasteiger partial charge >= 0.3 is 6.03 Å². The van der Waals surface area contributed by atoms with Crippen molar-refractivity contribution < 1.29 is 24.2 Å². The zero-order chi connectivity index (χ0) is 17.2. The van der Waals surface area contributed by atoms with Crippen molar-refractivity contribution in [3.05, 3.63) is 10.4 Å². The Hall–Kier alpha value is -1.58. The van der Waals surface area contributed by atoms with Crippen molar-refractivity contribution in [2.24, 2.45) is 5.11 Å². The Labute approximate surface area is 137 Å². The molecule has 2 heterocycles. The van der Waals surface area contributed by atoms with Gasteiger partial charge in [-0.2, -0.15) is 0 Å². The quantitative estimate of drug-likeness (QED) is 0.326. The summed E-state index contributed by atoms with van der Waals surface area (Å²) in [7, 11) is 0. The predicted molar refractivity (Wildman–Crippen MR) is 78.3 cm³/mol. The fourth-order valence-electron chi connectivity index (χ4n) is 2.68. The number of alkyl halides is 1. The maximum Gasteiger partial charge on any atom is 0.328 e. The number of carbonyl (C=O) groups excluding carboxylic acids is 2. The fourth-order valence-corrected chi connectivity index (χ4v) is 2.89. The summed E-state index contributed by atoms with van der Waals surface area (Å²) in [5, 5.41) is 15.0. The van der Waals surface area contributed by atoms with Gasteiger partial charge in [-0.3, -0.25) is 15.0 Å². The number of azide groups is 1. The molecule has 2 saturated heterocycles. The number of rotatable bonds is 5. The lowest BCUT2D eigenvalue weighted by Crippen LogP contribution is -2.69. The second kappa shape index (κ2) is 6.90. The highest BCUT2D eigenvalue weighted by Gasteiger charge is 2.54. The lowest BCUT2D eigenvalue weighted by molar-refractivity contribution is -0.160. The van der Waals surface area contributed by atoms with Crippen LogP contribution in [0, 0.1) is 0 Å². The first-order chi connectivity index (χ1) is 10.9. The molecule has 3 amide bonds. The van der Waals surface area contributed by atoms with Crippen LogP contribution in [0.1, 0.15) is 20.3 Å². The second-order valence-corrected chi connectivity index (χ2v) is 6.15. The number of urea groups is 1. The van der Waals surface area contributed by atoms with Gasteiger partial charge < -0.3 is 14.6 Å². The SMILES string of the molecule is CCO[C@H]1N(C2CC(N=[N+]=[N-])C(CO)O2)C(=O)NC(=O)[C@@]1(C)Cl. The number of hydrogen-bond donors (Lipinski definition) is 2. The minimum atomic E-state index is -1.50. The summed E-state index contributed by atoms with van der Waals surface area (Å²) in [5.41, 5.74) is 8.58. The van der Waals surface area contributed by atoms with Crippen LogP contribution in [-0.4, -0.2) is 64.6 Å². The molecule has 0 spiro atoms.